The van der Waals surface area contributed by atoms with Crippen LogP contribution in [-0.2, 0) is 14.3 Å². The Hall–Kier alpha value is -3.03. The Labute approximate surface area is 305 Å². The van der Waals surface area contributed by atoms with E-state index >= 15 is 4.79 Å². The van der Waals surface area contributed by atoms with Crippen LogP contribution in [0.25, 0.3) is 11.4 Å². The van der Waals surface area contributed by atoms with Gasteiger partial charge in [-0.15, -0.1) is 0 Å². The minimum atomic E-state index is -0.378. The van der Waals surface area contributed by atoms with Crippen molar-refractivity contribution in [3.05, 3.63) is 42.6 Å². The molecule has 8 rings (SSSR count). The maximum atomic E-state index is 15.4. The molecule has 8 nitrogen and oxygen atoms in total. The number of allylic oxidation sites excluding steroid dienone is 1. The van der Waals surface area contributed by atoms with Crippen LogP contribution >= 0.6 is 0 Å². The van der Waals surface area contributed by atoms with E-state index in [1.807, 2.05) is 12.1 Å². The molecule has 1 saturated heterocycles. The van der Waals surface area contributed by atoms with E-state index in [-0.39, 0.29) is 45.2 Å². The number of aromatic nitrogens is 3. The van der Waals surface area contributed by atoms with Gasteiger partial charge in [-0.3, -0.25) is 14.6 Å². The van der Waals surface area contributed by atoms with Crippen molar-refractivity contribution in [3.8, 4) is 11.4 Å². The molecule has 0 bridgehead atoms. The Morgan fingerprint density at radius 2 is 1.73 bits per heavy atom. The number of likely N-dealkylation sites (tertiary alicyclic amines) is 1. The second-order valence-corrected chi connectivity index (χ2v) is 19.2. The summed E-state index contributed by atoms with van der Waals surface area (Å²) in [5, 5.41) is 4.31. The van der Waals surface area contributed by atoms with Gasteiger partial charge in [0.05, 0.1) is 5.41 Å². The summed E-state index contributed by atoms with van der Waals surface area (Å²) in [5.74, 6) is 3.54. The summed E-state index contributed by atoms with van der Waals surface area (Å²) >= 11 is 0. The summed E-state index contributed by atoms with van der Waals surface area (Å²) in [4.78, 5) is 38.7. The Kier molecular flexibility index (Phi) is 8.24. The van der Waals surface area contributed by atoms with E-state index in [1.54, 1.807) is 19.3 Å². The van der Waals surface area contributed by atoms with Crippen molar-refractivity contribution in [1.29, 1.82) is 0 Å². The van der Waals surface area contributed by atoms with Crippen LogP contribution in [0, 0.1) is 56.7 Å². The molecule has 2 aromatic rings. The van der Waals surface area contributed by atoms with Gasteiger partial charge in [-0.05, 0) is 142 Å². The zero-order valence-electron chi connectivity index (χ0n) is 32.2. The Morgan fingerprint density at radius 1 is 0.922 bits per heavy atom. The number of pyridine rings is 1. The summed E-state index contributed by atoms with van der Waals surface area (Å²) < 4.78 is 11.9. The van der Waals surface area contributed by atoms with Gasteiger partial charge in [0.25, 0.3) is 0 Å². The van der Waals surface area contributed by atoms with Crippen molar-refractivity contribution < 1.29 is 18.8 Å². The van der Waals surface area contributed by atoms with Crippen LogP contribution in [0.15, 0.2) is 41.2 Å². The van der Waals surface area contributed by atoms with Crippen LogP contribution in [0.3, 0.4) is 0 Å². The summed E-state index contributed by atoms with van der Waals surface area (Å²) in [6.45, 7) is 21.7. The quantitative estimate of drug-likeness (QED) is 0.227. The molecule has 5 saturated carbocycles. The molecular formula is C43H60N4O4. The number of carbonyl (C=O) groups is 2. The summed E-state index contributed by atoms with van der Waals surface area (Å²) in [6, 6.07) is 3.63. The van der Waals surface area contributed by atoms with Gasteiger partial charge in [0.1, 0.15) is 12.1 Å². The monoisotopic (exact) mass is 696 g/mol. The SMILES string of the molecule is C=C(C)[C@@H]1CC[C@]2(C(=O)N3CCC[C@@H]3c3nc(-c4cccnc4)no3)CC[C@]3(C)[C@H](CC[C@@H]4[C@@]5(C)CC[C@H](OC(C)=O)C(C)(C)[C@@H]5CC[C@]43C)[C@@H]12. The lowest BCUT2D eigenvalue weighted by atomic mass is 9.32. The highest BCUT2D eigenvalue weighted by Gasteiger charge is 2.72. The maximum absolute atomic E-state index is 15.4. The first kappa shape index (κ1) is 35.0. The Balaban J connectivity index is 1.11. The maximum Gasteiger partial charge on any atom is 0.302 e. The van der Waals surface area contributed by atoms with E-state index in [4.69, 9.17) is 14.2 Å². The third-order valence-corrected chi connectivity index (χ3v) is 16.9. The summed E-state index contributed by atoms with van der Waals surface area (Å²) in [5.41, 5.74) is 2.18. The molecule has 1 aliphatic heterocycles. The standard InChI is InChI=1S/C43H60N4O4/c1-26(2)29-15-20-43(38(49)47-24-10-12-31(47)37-45-36(46-51-37)28-11-9-23-44-25-28)22-21-41(7)30(35(29)43)13-14-33-40(6)18-17-34(50-27(3)48)39(4,5)32(40)16-19-42(33,41)8/h9,11,23,25,29-35H,1,10,12-22,24H2,2-8H3/t29-,30+,31+,32-,33+,34-,35+,40-,41+,42+,43-/m0/s1. The molecule has 5 aliphatic carbocycles. The normalized spacial score (nSPS) is 42.6. The molecule has 3 heterocycles. The number of amides is 1. The minimum absolute atomic E-state index is 0.0102. The Bertz CT molecular complexity index is 1700. The lowest BCUT2D eigenvalue weighted by Gasteiger charge is -2.73. The van der Waals surface area contributed by atoms with Crippen LogP contribution in [0.2, 0.25) is 0 Å². The number of esters is 1. The van der Waals surface area contributed by atoms with Gasteiger partial charge < -0.3 is 14.2 Å². The van der Waals surface area contributed by atoms with E-state index in [2.05, 4.69) is 63.2 Å². The highest BCUT2D eigenvalue weighted by molar-refractivity contribution is 5.84. The lowest BCUT2D eigenvalue weighted by molar-refractivity contribution is -0.249. The smallest absolute Gasteiger partial charge is 0.302 e. The average Bonchev–Trinajstić information content (AvgIpc) is 3.85. The first-order valence-corrected chi connectivity index (χ1v) is 20.0. The third kappa shape index (κ3) is 4.92. The van der Waals surface area contributed by atoms with Crippen molar-refractivity contribution >= 4 is 11.9 Å². The molecule has 0 N–H and O–H groups in total. The van der Waals surface area contributed by atoms with Crippen LogP contribution in [-0.4, -0.2) is 44.5 Å². The fourth-order valence-electron chi connectivity index (χ4n) is 14.4. The van der Waals surface area contributed by atoms with Crippen LogP contribution in [0.5, 0.6) is 0 Å². The molecule has 0 radical (unpaired) electrons. The number of hydrogen-bond acceptors (Lipinski definition) is 7. The second kappa shape index (κ2) is 12.0. The fraction of sp³-hybridized carbons (Fsp3) is 0.744. The molecule has 6 fully saturated rings. The number of nitrogens with zero attached hydrogens (tertiary/aromatic N) is 4. The molecule has 51 heavy (non-hydrogen) atoms. The topological polar surface area (TPSA) is 98.4 Å². The van der Waals surface area contributed by atoms with E-state index in [1.165, 1.54) is 31.3 Å². The van der Waals surface area contributed by atoms with Crippen LogP contribution < -0.4 is 0 Å². The zero-order valence-corrected chi connectivity index (χ0v) is 32.2. The molecule has 11 atom stereocenters. The highest BCUT2D eigenvalue weighted by atomic mass is 16.5. The first-order valence-electron chi connectivity index (χ1n) is 20.0. The molecule has 1 amide bonds. The minimum Gasteiger partial charge on any atom is -0.462 e. The van der Waals surface area contributed by atoms with Crippen LogP contribution in [0.1, 0.15) is 137 Å². The van der Waals surface area contributed by atoms with E-state index in [9.17, 15) is 4.79 Å². The predicted octanol–water partition coefficient (Wildman–Crippen LogP) is 9.38. The van der Waals surface area contributed by atoms with Crippen molar-refractivity contribution in [2.45, 2.75) is 138 Å². The number of hydrogen-bond donors (Lipinski definition) is 0. The van der Waals surface area contributed by atoms with E-state index in [0.29, 0.717) is 47.2 Å². The third-order valence-electron chi connectivity index (χ3n) is 16.9. The molecule has 0 aromatic carbocycles. The number of carbonyl (C=O) groups excluding carboxylic acids is 2. The molecular weight excluding hydrogens is 636 g/mol. The molecule has 2 aromatic heterocycles. The first-order chi connectivity index (χ1) is 24.2. The van der Waals surface area contributed by atoms with Crippen molar-refractivity contribution in [2.24, 2.45) is 56.7 Å². The average molecular weight is 697 g/mol. The van der Waals surface area contributed by atoms with Gasteiger partial charge in [-0.1, -0.05) is 51.9 Å². The van der Waals surface area contributed by atoms with E-state index < -0.39 is 0 Å². The molecule has 0 spiro atoms. The van der Waals surface area contributed by atoms with E-state index in [0.717, 1.165) is 63.5 Å². The Morgan fingerprint density at radius 3 is 2.45 bits per heavy atom. The fourth-order valence-corrected chi connectivity index (χ4v) is 14.4. The van der Waals surface area contributed by atoms with Crippen molar-refractivity contribution in [3.63, 3.8) is 0 Å². The lowest BCUT2D eigenvalue weighted by Crippen LogP contribution is -2.67. The number of fused-ring (bicyclic) bond motifs is 7. The summed E-state index contributed by atoms with van der Waals surface area (Å²) in [7, 11) is 0. The number of ether oxygens (including phenoxy) is 1. The highest BCUT2D eigenvalue weighted by Crippen LogP contribution is 2.78. The van der Waals surface area contributed by atoms with Gasteiger partial charge in [0.2, 0.25) is 17.6 Å². The zero-order chi connectivity index (χ0) is 36.1. The molecule has 0 unspecified atom stereocenters. The van der Waals surface area contributed by atoms with Gasteiger partial charge in [-0.25, -0.2) is 0 Å². The predicted molar refractivity (Wildman–Crippen MR) is 196 cm³/mol. The second-order valence-electron chi connectivity index (χ2n) is 19.2. The van der Waals surface area contributed by atoms with Gasteiger partial charge in [0, 0.05) is 36.8 Å². The van der Waals surface area contributed by atoms with Crippen LogP contribution in [0.4, 0.5) is 0 Å². The van der Waals surface area contributed by atoms with Gasteiger partial charge in [-0.2, -0.15) is 4.98 Å². The van der Waals surface area contributed by atoms with Crippen molar-refractivity contribution in [2.75, 3.05) is 6.54 Å². The number of rotatable bonds is 5. The molecule has 276 valence electrons. The van der Waals surface area contributed by atoms with Gasteiger partial charge >= 0.3 is 5.97 Å². The van der Waals surface area contributed by atoms with Gasteiger partial charge in [0.15, 0.2) is 0 Å². The molecule has 6 aliphatic rings. The largest absolute Gasteiger partial charge is 0.462 e. The summed E-state index contributed by atoms with van der Waals surface area (Å²) in [6.07, 6.45) is 16.2. The van der Waals surface area contributed by atoms with Crippen molar-refractivity contribution in [1.82, 2.24) is 20.0 Å². The molecule has 8 heteroatoms.